The molecule has 9 heteroatoms. The maximum atomic E-state index is 13.9. The van der Waals surface area contributed by atoms with Crippen LogP contribution in [-0.4, -0.2) is 39.2 Å². The molecule has 0 radical (unpaired) electrons. The summed E-state index contributed by atoms with van der Waals surface area (Å²) < 4.78 is 27.3. The van der Waals surface area contributed by atoms with Crippen LogP contribution in [0.3, 0.4) is 0 Å². The molecule has 7 nitrogen and oxygen atoms in total. The number of benzene rings is 2. The Hall–Kier alpha value is -3.62. The Balaban J connectivity index is 1.52. The number of hydrogen-bond donors (Lipinski definition) is 1. The van der Waals surface area contributed by atoms with Crippen molar-refractivity contribution in [3.8, 4) is 0 Å². The number of amides is 1. The third-order valence-corrected chi connectivity index (χ3v) is 5.58. The summed E-state index contributed by atoms with van der Waals surface area (Å²) >= 11 is 0. The smallest absolute Gasteiger partial charge is 0.266 e. The molecule has 1 amide bonds. The van der Waals surface area contributed by atoms with E-state index >= 15 is 0 Å². The van der Waals surface area contributed by atoms with Crippen LogP contribution in [0.15, 0.2) is 48.0 Å². The monoisotopic (exact) mass is 438 g/mol. The van der Waals surface area contributed by atoms with Crippen LogP contribution in [-0.2, 0) is 6.54 Å². The molecule has 0 saturated carbocycles. The average molecular weight is 438 g/mol. The van der Waals surface area contributed by atoms with E-state index in [9.17, 15) is 13.6 Å². The first-order chi connectivity index (χ1) is 15.5. The van der Waals surface area contributed by atoms with Crippen LogP contribution < -0.4 is 10.2 Å². The largest absolute Gasteiger partial charge is 0.334 e. The molecular formula is C23H24F2N6O. The molecule has 1 aliphatic heterocycles. The topological polar surface area (TPSA) is 75.9 Å². The summed E-state index contributed by atoms with van der Waals surface area (Å²) in [6.07, 6.45) is 1.85. The number of carbonyl (C=O) groups is 1. The molecule has 0 aliphatic carbocycles. The summed E-state index contributed by atoms with van der Waals surface area (Å²) in [7, 11) is 0. The Bertz CT molecular complexity index is 1160. The second kappa shape index (κ2) is 9.25. The van der Waals surface area contributed by atoms with Crippen molar-refractivity contribution in [1.29, 1.82) is 0 Å². The third-order valence-electron chi connectivity index (χ3n) is 5.58. The van der Waals surface area contributed by atoms with Gasteiger partial charge in [0.15, 0.2) is 11.6 Å². The van der Waals surface area contributed by atoms with E-state index in [1.807, 2.05) is 19.1 Å². The standard InChI is InChI=1S/C23H24F2N6O/c1-3-15-12-13-30(23-27-29-31(4-2)28-23)14-19(15)16-8-10-17(11-9-16)26-22(32)18-6-5-7-20(24)21(18)25/h5-11H,3-4,12-14H2,1-2H3,(H,26,32). The first-order valence-electron chi connectivity index (χ1n) is 10.6. The highest BCUT2D eigenvalue weighted by molar-refractivity contribution is 6.04. The van der Waals surface area contributed by atoms with Gasteiger partial charge in [-0.25, -0.2) is 8.78 Å². The van der Waals surface area contributed by atoms with Gasteiger partial charge in [0.25, 0.3) is 11.9 Å². The highest BCUT2D eigenvalue weighted by atomic mass is 19.2. The predicted molar refractivity (Wildman–Crippen MR) is 118 cm³/mol. The molecular weight excluding hydrogens is 414 g/mol. The van der Waals surface area contributed by atoms with Crippen LogP contribution in [0.2, 0.25) is 0 Å². The molecule has 2 heterocycles. The number of anilines is 2. The van der Waals surface area contributed by atoms with Crippen LogP contribution in [0.4, 0.5) is 20.4 Å². The lowest BCUT2D eigenvalue weighted by Crippen LogP contribution is -2.32. The lowest BCUT2D eigenvalue weighted by molar-refractivity contribution is 0.102. The molecule has 4 rings (SSSR count). The van der Waals surface area contributed by atoms with E-state index in [2.05, 4.69) is 32.6 Å². The van der Waals surface area contributed by atoms with E-state index in [1.54, 1.807) is 16.9 Å². The van der Waals surface area contributed by atoms with Gasteiger partial charge in [0.1, 0.15) is 0 Å². The van der Waals surface area contributed by atoms with Crippen molar-refractivity contribution in [2.75, 3.05) is 23.3 Å². The van der Waals surface area contributed by atoms with Crippen molar-refractivity contribution in [2.24, 2.45) is 0 Å². The predicted octanol–water partition coefficient (Wildman–Crippen LogP) is 4.30. The fourth-order valence-electron chi connectivity index (χ4n) is 3.79. The maximum Gasteiger partial charge on any atom is 0.266 e. The molecule has 1 aromatic heterocycles. The van der Waals surface area contributed by atoms with Gasteiger partial charge in [-0.05, 0) is 60.4 Å². The zero-order chi connectivity index (χ0) is 22.7. The highest BCUT2D eigenvalue weighted by Gasteiger charge is 2.22. The second-order valence-electron chi connectivity index (χ2n) is 7.52. The minimum Gasteiger partial charge on any atom is -0.334 e. The Morgan fingerprint density at radius 1 is 1.12 bits per heavy atom. The average Bonchev–Trinajstić information content (AvgIpc) is 3.30. The van der Waals surface area contributed by atoms with Crippen LogP contribution in [0.1, 0.15) is 42.6 Å². The van der Waals surface area contributed by atoms with E-state index in [-0.39, 0.29) is 5.56 Å². The molecule has 2 aromatic carbocycles. The highest BCUT2D eigenvalue weighted by Crippen LogP contribution is 2.30. The number of aryl methyl sites for hydroxylation is 1. The molecule has 0 saturated heterocycles. The molecule has 32 heavy (non-hydrogen) atoms. The molecule has 0 atom stereocenters. The van der Waals surface area contributed by atoms with Crippen molar-refractivity contribution in [2.45, 2.75) is 33.2 Å². The molecule has 3 aromatic rings. The zero-order valence-corrected chi connectivity index (χ0v) is 18.0. The van der Waals surface area contributed by atoms with Gasteiger partial charge in [0.05, 0.1) is 12.1 Å². The molecule has 0 spiro atoms. The van der Waals surface area contributed by atoms with Gasteiger partial charge >= 0.3 is 0 Å². The number of nitrogens with zero attached hydrogens (tertiary/aromatic N) is 5. The molecule has 0 bridgehead atoms. The lowest BCUT2D eigenvalue weighted by Gasteiger charge is -2.30. The second-order valence-corrected chi connectivity index (χ2v) is 7.52. The van der Waals surface area contributed by atoms with Gasteiger partial charge in [0.2, 0.25) is 0 Å². The Morgan fingerprint density at radius 2 is 1.91 bits per heavy atom. The van der Waals surface area contributed by atoms with E-state index in [0.717, 1.165) is 31.0 Å². The number of aromatic nitrogens is 4. The fourth-order valence-corrected chi connectivity index (χ4v) is 3.79. The van der Waals surface area contributed by atoms with Gasteiger partial charge in [-0.1, -0.05) is 35.8 Å². The summed E-state index contributed by atoms with van der Waals surface area (Å²) in [6.45, 7) is 6.26. The minimum absolute atomic E-state index is 0.333. The van der Waals surface area contributed by atoms with E-state index in [0.29, 0.717) is 24.7 Å². The summed E-state index contributed by atoms with van der Waals surface area (Å²) in [5.74, 6) is -2.30. The van der Waals surface area contributed by atoms with Crippen LogP contribution in [0.5, 0.6) is 0 Å². The van der Waals surface area contributed by atoms with E-state index in [4.69, 9.17) is 0 Å². The van der Waals surface area contributed by atoms with Crippen LogP contribution >= 0.6 is 0 Å². The maximum absolute atomic E-state index is 13.9. The lowest BCUT2D eigenvalue weighted by atomic mass is 9.92. The van der Waals surface area contributed by atoms with E-state index < -0.39 is 17.5 Å². The van der Waals surface area contributed by atoms with Crippen LogP contribution in [0, 0.1) is 11.6 Å². The van der Waals surface area contributed by atoms with Crippen molar-refractivity contribution in [3.63, 3.8) is 0 Å². The van der Waals surface area contributed by atoms with Gasteiger partial charge in [-0.2, -0.15) is 4.80 Å². The zero-order valence-electron chi connectivity index (χ0n) is 18.0. The van der Waals surface area contributed by atoms with E-state index in [1.165, 1.54) is 23.3 Å². The first-order valence-corrected chi connectivity index (χ1v) is 10.6. The summed E-state index contributed by atoms with van der Waals surface area (Å²) in [5.41, 5.74) is 3.76. The Labute approximate surface area is 184 Å². The quantitative estimate of drug-likeness (QED) is 0.621. The minimum atomic E-state index is -1.16. The Kier molecular flexibility index (Phi) is 6.25. The third kappa shape index (κ3) is 4.37. The number of hydrogen-bond acceptors (Lipinski definition) is 5. The number of halogens is 2. The van der Waals surface area contributed by atoms with Crippen LogP contribution in [0.25, 0.3) is 5.57 Å². The van der Waals surface area contributed by atoms with Gasteiger partial charge in [-0.3, -0.25) is 4.79 Å². The molecule has 1 aliphatic rings. The van der Waals surface area contributed by atoms with Gasteiger partial charge in [-0.15, -0.1) is 5.10 Å². The van der Waals surface area contributed by atoms with Crippen molar-refractivity contribution in [3.05, 3.63) is 70.8 Å². The molecule has 0 fully saturated rings. The Morgan fingerprint density at radius 3 is 2.59 bits per heavy atom. The normalized spacial score (nSPS) is 14.1. The number of nitrogens with one attached hydrogen (secondary N) is 1. The number of carbonyl (C=O) groups excluding carboxylic acids is 1. The summed E-state index contributed by atoms with van der Waals surface area (Å²) in [5, 5.41) is 15.2. The molecule has 1 N–H and O–H groups in total. The summed E-state index contributed by atoms with van der Waals surface area (Å²) in [4.78, 5) is 16.0. The number of rotatable bonds is 6. The number of tetrazole rings is 1. The fraction of sp³-hybridized carbons (Fsp3) is 0.304. The molecule has 166 valence electrons. The van der Waals surface area contributed by atoms with Crippen molar-refractivity contribution >= 4 is 23.1 Å². The SMILES string of the molecule is CCC1=C(c2ccc(NC(=O)c3cccc(F)c3F)cc2)CN(c2nnn(CC)n2)CC1. The molecule has 0 unspecified atom stereocenters. The van der Waals surface area contributed by atoms with Gasteiger partial charge < -0.3 is 10.2 Å². The van der Waals surface area contributed by atoms with Crippen molar-refractivity contribution < 1.29 is 13.6 Å². The van der Waals surface area contributed by atoms with Crippen molar-refractivity contribution in [1.82, 2.24) is 20.2 Å². The first kappa shape index (κ1) is 21.6. The summed E-state index contributed by atoms with van der Waals surface area (Å²) in [6, 6.07) is 10.9. The van der Waals surface area contributed by atoms with Gasteiger partial charge in [0, 0.05) is 18.8 Å².